The summed E-state index contributed by atoms with van der Waals surface area (Å²) in [6.07, 6.45) is 0. The van der Waals surface area contributed by atoms with E-state index in [4.69, 9.17) is 9.47 Å². The van der Waals surface area contributed by atoms with Crippen LogP contribution >= 0.6 is 0 Å². The van der Waals surface area contributed by atoms with Gasteiger partial charge in [-0.05, 0) is 31.7 Å². The van der Waals surface area contributed by atoms with Crippen molar-refractivity contribution in [2.75, 3.05) is 40.4 Å². The number of likely N-dealkylation sites (N-methyl/N-ethyl adjacent to an activating group) is 1. The third-order valence-electron chi connectivity index (χ3n) is 4.51. The number of rotatable bonds is 6. The maximum Gasteiger partial charge on any atom is 0.325 e. The highest BCUT2D eigenvalue weighted by atomic mass is 16.5. The average Bonchev–Trinajstić information content (AvgIpc) is 2.56. The van der Waals surface area contributed by atoms with Gasteiger partial charge in [-0.3, -0.25) is 9.69 Å². The van der Waals surface area contributed by atoms with E-state index in [1.54, 1.807) is 32.4 Å². The lowest BCUT2D eigenvalue weighted by Crippen LogP contribution is -2.54. The Morgan fingerprint density at radius 1 is 1.35 bits per heavy atom. The van der Waals surface area contributed by atoms with Gasteiger partial charge in [-0.1, -0.05) is 6.92 Å². The largest absolute Gasteiger partial charge is 0.497 e. The van der Waals surface area contributed by atoms with Gasteiger partial charge in [0.25, 0.3) is 0 Å². The van der Waals surface area contributed by atoms with Crippen LogP contribution in [-0.2, 0) is 4.79 Å². The van der Waals surface area contributed by atoms with Gasteiger partial charge in [-0.2, -0.15) is 0 Å². The Hall–Kier alpha value is -1.79. The highest BCUT2D eigenvalue weighted by molar-refractivity contribution is 5.77. The van der Waals surface area contributed by atoms with Crippen LogP contribution in [0.3, 0.4) is 0 Å². The Morgan fingerprint density at radius 2 is 2.09 bits per heavy atom. The van der Waals surface area contributed by atoms with Crippen molar-refractivity contribution in [1.82, 2.24) is 9.80 Å². The Labute approximate surface area is 137 Å². The third-order valence-corrected chi connectivity index (χ3v) is 4.51. The normalized spacial score (nSPS) is 21.0. The number of piperazine rings is 1. The molecule has 2 rings (SSSR count). The number of carboxylic acids is 1. The molecule has 1 aliphatic heterocycles. The lowest BCUT2D eigenvalue weighted by atomic mass is 10.00. The van der Waals surface area contributed by atoms with Crippen LogP contribution in [0.1, 0.15) is 25.5 Å². The molecule has 0 spiro atoms. The molecule has 1 N–H and O–H groups in total. The highest BCUT2D eigenvalue weighted by Gasteiger charge is 2.36. The predicted molar refractivity (Wildman–Crippen MR) is 88.2 cm³/mol. The SMILES string of the molecule is CCN1CCN(C(C(=O)O)c2cc(OC)ccc2OC)C(C)C1. The first kappa shape index (κ1) is 17.6. The molecule has 1 aliphatic rings. The molecule has 1 fully saturated rings. The minimum Gasteiger partial charge on any atom is -0.497 e. The van der Waals surface area contributed by atoms with Crippen molar-refractivity contribution in [3.63, 3.8) is 0 Å². The average molecular weight is 322 g/mol. The topological polar surface area (TPSA) is 62.2 Å². The standard InChI is InChI=1S/C17H26N2O4/c1-5-18-8-9-19(12(2)11-18)16(17(20)21)14-10-13(22-3)6-7-15(14)23-4/h6-7,10,12,16H,5,8-9,11H2,1-4H3,(H,20,21). The summed E-state index contributed by atoms with van der Waals surface area (Å²) in [7, 11) is 3.13. The van der Waals surface area contributed by atoms with Gasteiger partial charge < -0.3 is 19.5 Å². The number of aliphatic carboxylic acids is 1. The lowest BCUT2D eigenvalue weighted by molar-refractivity contribution is -0.145. The summed E-state index contributed by atoms with van der Waals surface area (Å²) in [6, 6.07) is 4.71. The van der Waals surface area contributed by atoms with Crippen molar-refractivity contribution in [2.24, 2.45) is 0 Å². The number of nitrogens with zero attached hydrogens (tertiary/aromatic N) is 2. The van der Waals surface area contributed by atoms with E-state index in [2.05, 4.69) is 18.7 Å². The van der Waals surface area contributed by atoms with Crippen LogP contribution in [0.4, 0.5) is 0 Å². The maximum atomic E-state index is 12.0. The van der Waals surface area contributed by atoms with Gasteiger partial charge >= 0.3 is 5.97 Å². The molecule has 1 saturated heterocycles. The van der Waals surface area contributed by atoms with Crippen molar-refractivity contribution >= 4 is 5.97 Å². The van der Waals surface area contributed by atoms with Crippen LogP contribution in [0.25, 0.3) is 0 Å². The van der Waals surface area contributed by atoms with Gasteiger partial charge in [0.05, 0.1) is 14.2 Å². The second-order valence-corrected chi connectivity index (χ2v) is 5.83. The minimum absolute atomic E-state index is 0.153. The van der Waals surface area contributed by atoms with Gasteiger partial charge in [0.1, 0.15) is 17.5 Å². The van der Waals surface area contributed by atoms with Crippen LogP contribution < -0.4 is 9.47 Å². The number of carboxylic acid groups (broad SMARTS) is 1. The molecule has 1 aromatic rings. The number of methoxy groups -OCH3 is 2. The molecule has 6 nitrogen and oxygen atoms in total. The van der Waals surface area contributed by atoms with Crippen molar-refractivity contribution in [3.8, 4) is 11.5 Å². The molecule has 1 heterocycles. The number of ether oxygens (including phenoxy) is 2. The maximum absolute atomic E-state index is 12.0. The zero-order chi connectivity index (χ0) is 17.0. The van der Waals surface area contributed by atoms with Crippen molar-refractivity contribution < 1.29 is 19.4 Å². The second kappa shape index (κ2) is 7.66. The first-order valence-electron chi connectivity index (χ1n) is 7.94. The fourth-order valence-corrected chi connectivity index (χ4v) is 3.22. The number of hydrogen-bond acceptors (Lipinski definition) is 5. The van der Waals surface area contributed by atoms with E-state index in [0.29, 0.717) is 23.6 Å². The summed E-state index contributed by atoms with van der Waals surface area (Å²) in [6.45, 7) is 7.64. The van der Waals surface area contributed by atoms with Gasteiger partial charge in [-0.25, -0.2) is 0 Å². The molecule has 0 radical (unpaired) electrons. The molecule has 6 heteroatoms. The summed E-state index contributed by atoms with van der Waals surface area (Å²) in [4.78, 5) is 16.4. The predicted octanol–water partition coefficient (Wildman–Crippen LogP) is 1.86. The smallest absolute Gasteiger partial charge is 0.325 e. The Morgan fingerprint density at radius 3 is 2.61 bits per heavy atom. The number of hydrogen-bond donors (Lipinski definition) is 1. The zero-order valence-corrected chi connectivity index (χ0v) is 14.3. The molecule has 23 heavy (non-hydrogen) atoms. The molecule has 2 atom stereocenters. The number of carbonyl (C=O) groups is 1. The molecule has 0 aromatic heterocycles. The van der Waals surface area contributed by atoms with Crippen LogP contribution in [0.15, 0.2) is 18.2 Å². The van der Waals surface area contributed by atoms with E-state index in [1.807, 2.05) is 4.90 Å². The van der Waals surface area contributed by atoms with Gasteiger partial charge in [0.15, 0.2) is 0 Å². The van der Waals surface area contributed by atoms with Crippen molar-refractivity contribution in [1.29, 1.82) is 0 Å². The molecule has 2 unspecified atom stereocenters. The van der Waals surface area contributed by atoms with E-state index < -0.39 is 12.0 Å². The summed E-state index contributed by atoms with van der Waals surface area (Å²) in [5.74, 6) is 0.337. The van der Waals surface area contributed by atoms with Gasteiger partial charge in [-0.15, -0.1) is 0 Å². The zero-order valence-electron chi connectivity index (χ0n) is 14.3. The van der Waals surface area contributed by atoms with Crippen LogP contribution in [-0.4, -0.2) is 67.3 Å². The summed E-state index contributed by atoms with van der Waals surface area (Å²) >= 11 is 0. The van der Waals surface area contributed by atoms with Crippen LogP contribution in [0.2, 0.25) is 0 Å². The van der Waals surface area contributed by atoms with E-state index >= 15 is 0 Å². The molecular weight excluding hydrogens is 296 g/mol. The summed E-state index contributed by atoms with van der Waals surface area (Å²) < 4.78 is 10.6. The van der Waals surface area contributed by atoms with E-state index in [-0.39, 0.29) is 6.04 Å². The van der Waals surface area contributed by atoms with Crippen LogP contribution in [0.5, 0.6) is 11.5 Å². The van der Waals surface area contributed by atoms with Crippen molar-refractivity contribution in [2.45, 2.75) is 25.9 Å². The molecule has 1 aromatic carbocycles. The Bertz CT molecular complexity index is 549. The quantitative estimate of drug-likeness (QED) is 0.862. The molecule has 0 saturated carbocycles. The summed E-state index contributed by atoms with van der Waals surface area (Å²) in [5, 5.41) is 9.85. The monoisotopic (exact) mass is 322 g/mol. The van der Waals surface area contributed by atoms with E-state index in [0.717, 1.165) is 19.6 Å². The number of benzene rings is 1. The van der Waals surface area contributed by atoms with Gasteiger partial charge in [0, 0.05) is 31.2 Å². The first-order valence-corrected chi connectivity index (χ1v) is 7.94. The third kappa shape index (κ3) is 3.76. The molecule has 128 valence electrons. The lowest BCUT2D eigenvalue weighted by Gasteiger charge is -2.42. The fourth-order valence-electron chi connectivity index (χ4n) is 3.22. The van der Waals surface area contributed by atoms with E-state index in [1.165, 1.54) is 0 Å². The van der Waals surface area contributed by atoms with E-state index in [9.17, 15) is 9.90 Å². The first-order chi connectivity index (χ1) is 11.0. The van der Waals surface area contributed by atoms with Crippen LogP contribution in [0, 0.1) is 0 Å². The fraction of sp³-hybridized carbons (Fsp3) is 0.588. The summed E-state index contributed by atoms with van der Waals surface area (Å²) in [5.41, 5.74) is 0.635. The molecule has 0 aliphatic carbocycles. The molecule has 0 bridgehead atoms. The molecular formula is C17H26N2O4. The highest BCUT2D eigenvalue weighted by Crippen LogP contribution is 2.34. The van der Waals surface area contributed by atoms with Crippen molar-refractivity contribution in [3.05, 3.63) is 23.8 Å². The van der Waals surface area contributed by atoms with Gasteiger partial charge in [0.2, 0.25) is 0 Å². The minimum atomic E-state index is -0.867. The molecule has 0 amide bonds. The Balaban J connectivity index is 2.37. The Kier molecular flexibility index (Phi) is 5.85. The second-order valence-electron chi connectivity index (χ2n) is 5.83.